The number of para-hydroxylation sites is 1. The number of aromatic nitrogens is 1. The highest BCUT2D eigenvalue weighted by Gasteiger charge is 2.32. The lowest BCUT2D eigenvalue weighted by atomic mass is 10.0. The lowest BCUT2D eigenvalue weighted by molar-refractivity contribution is -0.138. The molecule has 1 aromatic heterocycles. The predicted molar refractivity (Wildman–Crippen MR) is 175 cm³/mol. The smallest absolute Gasteiger partial charge is 0.409 e. The molecular weight excluding hydrogens is 618 g/mol. The van der Waals surface area contributed by atoms with E-state index in [0.29, 0.717) is 17.4 Å². The van der Waals surface area contributed by atoms with E-state index < -0.39 is 29.9 Å². The quantitative estimate of drug-likeness (QED) is 0.314. The Balaban J connectivity index is 1.30. The van der Waals surface area contributed by atoms with Crippen LogP contribution >= 0.6 is 0 Å². The number of ether oxygens (including phenoxy) is 2. The highest BCUT2D eigenvalue weighted by Crippen LogP contribution is 2.32. The Morgan fingerprint density at radius 1 is 0.979 bits per heavy atom. The number of carbonyl (C=O) groups is 5. The third kappa shape index (κ3) is 8.20. The van der Waals surface area contributed by atoms with Crippen molar-refractivity contribution in [3.8, 4) is 5.75 Å². The summed E-state index contributed by atoms with van der Waals surface area (Å²) >= 11 is 0. The lowest BCUT2D eigenvalue weighted by Crippen LogP contribution is -2.56. The van der Waals surface area contributed by atoms with Gasteiger partial charge in [0.25, 0.3) is 11.8 Å². The molecule has 5 rings (SSSR count). The molecule has 0 radical (unpaired) electrons. The van der Waals surface area contributed by atoms with E-state index in [-0.39, 0.29) is 75.6 Å². The number of amides is 4. The number of aryl methyl sites for hydroxylation is 1. The summed E-state index contributed by atoms with van der Waals surface area (Å²) < 4.78 is 11.1. The number of hydrogen-bond donors (Lipinski definition) is 2. The number of nitrogens with one attached hydrogen (secondary N) is 1. The van der Waals surface area contributed by atoms with Gasteiger partial charge in [-0.05, 0) is 50.8 Å². The van der Waals surface area contributed by atoms with Crippen LogP contribution in [0.4, 0.5) is 4.79 Å². The number of fused-ring (bicyclic) bond motifs is 1. The van der Waals surface area contributed by atoms with Gasteiger partial charge in [0.2, 0.25) is 5.91 Å². The van der Waals surface area contributed by atoms with Crippen molar-refractivity contribution in [1.29, 1.82) is 0 Å². The van der Waals surface area contributed by atoms with Gasteiger partial charge in [-0.15, -0.1) is 0 Å². The molecule has 2 aromatic carbocycles. The molecule has 1 unspecified atom stereocenters. The van der Waals surface area contributed by atoms with Crippen LogP contribution < -0.4 is 10.1 Å². The topological polar surface area (TPSA) is 159 Å². The minimum absolute atomic E-state index is 0.0364. The van der Waals surface area contributed by atoms with Crippen molar-refractivity contribution < 1.29 is 38.6 Å². The molecule has 13 heteroatoms. The average molecular weight is 660 g/mol. The number of pyridine rings is 1. The molecule has 2 atom stereocenters. The summed E-state index contributed by atoms with van der Waals surface area (Å²) in [5.74, 6) is -2.14. The van der Waals surface area contributed by atoms with Crippen LogP contribution in [0.1, 0.15) is 60.3 Å². The Hall–Kier alpha value is -5.20. The molecule has 254 valence electrons. The second-order valence-corrected chi connectivity index (χ2v) is 11.9. The van der Waals surface area contributed by atoms with E-state index in [2.05, 4.69) is 10.3 Å². The Morgan fingerprint density at radius 2 is 1.69 bits per heavy atom. The molecule has 48 heavy (non-hydrogen) atoms. The Morgan fingerprint density at radius 3 is 2.40 bits per heavy atom. The molecule has 3 heterocycles. The molecule has 3 aromatic rings. The van der Waals surface area contributed by atoms with E-state index in [9.17, 15) is 29.1 Å². The fraction of sp³-hybridized carbons (Fsp3) is 0.429. The normalized spacial score (nSPS) is 16.8. The van der Waals surface area contributed by atoms with Gasteiger partial charge in [-0.1, -0.05) is 42.0 Å². The summed E-state index contributed by atoms with van der Waals surface area (Å²) in [7, 11) is 0. The minimum atomic E-state index is -1.14. The number of hydrogen-bond acceptors (Lipinski definition) is 8. The first kappa shape index (κ1) is 34.1. The predicted octanol–water partition coefficient (Wildman–Crippen LogP) is 3.55. The number of benzene rings is 2. The van der Waals surface area contributed by atoms with E-state index in [4.69, 9.17) is 9.47 Å². The van der Waals surface area contributed by atoms with Crippen molar-refractivity contribution in [3.63, 3.8) is 0 Å². The van der Waals surface area contributed by atoms with Crippen LogP contribution in [-0.2, 0) is 19.1 Å². The van der Waals surface area contributed by atoms with Gasteiger partial charge in [0.1, 0.15) is 17.5 Å². The number of carboxylic acids is 1. The molecule has 0 saturated carbocycles. The van der Waals surface area contributed by atoms with Crippen LogP contribution in [0.15, 0.2) is 54.6 Å². The van der Waals surface area contributed by atoms with Gasteiger partial charge in [0.15, 0.2) is 6.61 Å². The molecule has 0 bridgehead atoms. The summed E-state index contributed by atoms with van der Waals surface area (Å²) in [4.78, 5) is 73.3. The second-order valence-electron chi connectivity index (χ2n) is 11.9. The summed E-state index contributed by atoms with van der Waals surface area (Å²) in [6.45, 7) is 5.26. The number of aliphatic carboxylic acids is 1. The third-order valence-electron chi connectivity index (χ3n) is 8.66. The molecule has 0 spiro atoms. The van der Waals surface area contributed by atoms with Crippen LogP contribution in [-0.4, -0.2) is 107 Å². The molecule has 2 fully saturated rings. The number of rotatable bonds is 11. The SMILES string of the molecule is CCOC(=O)N1CCN(C(=O)[C@H](CCC(=O)O)NC(=O)c2cc(OCC(=O)N3CCCC3c3ccc(C)cc3)c3ccccc3n2)CC1. The van der Waals surface area contributed by atoms with Gasteiger partial charge < -0.3 is 34.6 Å². The molecule has 4 amide bonds. The monoisotopic (exact) mass is 659 g/mol. The van der Waals surface area contributed by atoms with Gasteiger partial charge in [0, 0.05) is 50.6 Å². The first-order valence-corrected chi connectivity index (χ1v) is 16.3. The molecule has 13 nitrogen and oxygen atoms in total. The van der Waals surface area contributed by atoms with Crippen LogP contribution in [0.25, 0.3) is 10.9 Å². The summed E-state index contributed by atoms with van der Waals surface area (Å²) in [5, 5.41) is 12.6. The van der Waals surface area contributed by atoms with Gasteiger partial charge in [-0.25, -0.2) is 9.78 Å². The maximum absolute atomic E-state index is 13.6. The van der Waals surface area contributed by atoms with Crippen molar-refractivity contribution in [3.05, 3.63) is 71.4 Å². The molecule has 2 saturated heterocycles. The standard InChI is InChI=1S/C35H41N5O8/c1-3-47-35(46)39-19-17-38(18-20-39)34(45)27(14-15-32(42)43)37-33(44)28-21-30(25-7-4-5-8-26(25)36-28)48-22-31(41)40-16-6-9-29(40)24-12-10-23(2)11-13-24/h4-5,7-8,10-13,21,27,29H,3,6,9,14-20,22H2,1-2H3,(H,37,44)(H,42,43)/t27-,29?/m0/s1. The summed E-state index contributed by atoms with van der Waals surface area (Å²) in [6.07, 6.45) is 0.798. The van der Waals surface area contributed by atoms with Crippen molar-refractivity contribution in [1.82, 2.24) is 25.0 Å². The Kier molecular flexibility index (Phi) is 11.1. The zero-order valence-corrected chi connectivity index (χ0v) is 27.2. The summed E-state index contributed by atoms with van der Waals surface area (Å²) in [6, 6.07) is 15.5. The van der Waals surface area contributed by atoms with Gasteiger partial charge >= 0.3 is 12.1 Å². The number of carboxylic acid groups (broad SMARTS) is 1. The number of carbonyl (C=O) groups excluding carboxylic acids is 4. The third-order valence-corrected chi connectivity index (χ3v) is 8.66. The van der Waals surface area contributed by atoms with Crippen molar-refractivity contribution in [2.75, 3.05) is 45.9 Å². The Labute approximate surface area is 278 Å². The van der Waals surface area contributed by atoms with Crippen LogP contribution in [0, 0.1) is 6.92 Å². The molecule has 0 aliphatic carbocycles. The van der Waals surface area contributed by atoms with Crippen LogP contribution in [0.3, 0.4) is 0 Å². The number of nitrogens with zero attached hydrogens (tertiary/aromatic N) is 4. The summed E-state index contributed by atoms with van der Waals surface area (Å²) in [5.41, 5.74) is 2.63. The first-order valence-electron chi connectivity index (χ1n) is 16.3. The van der Waals surface area contributed by atoms with Crippen LogP contribution in [0.2, 0.25) is 0 Å². The lowest BCUT2D eigenvalue weighted by Gasteiger charge is -2.35. The fourth-order valence-corrected chi connectivity index (χ4v) is 6.10. The van der Waals surface area contributed by atoms with Crippen molar-refractivity contribution in [2.24, 2.45) is 0 Å². The molecule has 2 aliphatic rings. The molecule has 2 aliphatic heterocycles. The highest BCUT2D eigenvalue weighted by molar-refractivity contribution is 5.99. The van der Waals surface area contributed by atoms with E-state index in [1.54, 1.807) is 31.2 Å². The van der Waals surface area contributed by atoms with E-state index >= 15 is 0 Å². The fourth-order valence-electron chi connectivity index (χ4n) is 6.10. The van der Waals surface area contributed by atoms with Crippen molar-refractivity contribution in [2.45, 2.75) is 51.6 Å². The van der Waals surface area contributed by atoms with Crippen LogP contribution in [0.5, 0.6) is 5.75 Å². The zero-order valence-electron chi connectivity index (χ0n) is 27.2. The van der Waals surface area contributed by atoms with E-state index in [0.717, 1.165) is 24.0 Å². The van der Waals surface area contributed by atoms with Crippen molar-refractivity contribution >= 4 is 40.7 Å². The van der Waals surface area contributed by atoms with Gasteiger partial charge in [0.05, 0.1) is 18.2 Å². The van der Waals surface area contributed by atoms with Gasteiger partial charge in [-0.3, -0.25) is 19.2 Å². The number of likely N-dealkylation sites (tertiary alicyclic amines) is 1. The highest BCUT2D eigenvalue weighted by atomic mass is 16.6. The number of piperazine rings is 1. The minimum Gasteiger partial charge on any atom is -0.483 e. The maximum atomic E-state index is 13.6. The van der Waals surface area contributed by atoms with E-state index in [1.165, 1.54) is 15.9 Å². The molecule has 2 N–H and O–H groups in total. The second kappa shape index (κ2) is 15.6. The molecular formula is C35H41N5O8. The first-order chi connectivity index (χ1) is 23.1. The Bertz CT molecular complexity index is 1650. The largest absolute Gasteiger partial charge is 0.483 e. The zero-order chi connectivity index (χ0) is 34.2. The van der Waals surface area contributed by atoms with Gasteiger partial charge in [-0.2, -0.15) is 0 Å². The average Bonchev–Trinajstić information content (AvgIpc) is 3.59. The van der Waals surface area contributed by atoms with E-state index in [1.807, 2.05) is 36.1 Å². The maximum Gasteiger partial charge on any atom is 0.409 e.